The second kappa shape index (κ2) is 9.24. The maximum Gasteiger partial charge on any atom is 0.193 e. The van der Waals surface area contributed by atoms with E-state index >= 15 is 0 Å². The van der Waals surface area contributed by atoms with Crippen LogP contribution in [-0.4, -0.2) is 20.2 Å². The molecule has 2 rings (SSSR count). The summed E-state index contributed by atoms with van der Waals surface area (Å²) < 4.78 is 10.4. The van der Waals surface area contributed by atoms with Gasteiger partial charge in [0, 0.05) is 11.8 Å². The number of aryl methyl sites for hydroxylation is 1. The average molecular weight is 427 g/mol. The molecule has 0 fully saturated rings. The summed E-state index contributed by atoms with van der Waals surface area (Å²) in [6.45, 7) is 2.51. The summed E-state index contributed by atoms with van der Waals surface area (Å²) in [5.74, 6) is 2.00. The van der Waals surface area contributed by atoms with Crippen molar-refractivity contribution in [2.24, 2.45) is 10.7 Å². The molecule has 2 aromatic carbocycles. The zero-order chi connectivity index (χ0) is 15.9. The maximum absolute atomic E-state index is 5.91. The molecule has 0 bridgehead atoms. The number of anilines is 1. The van der Waals surface area contributed by atoms with E-state index in [0.29, 0.717) is 12.5 Å². The zero-order valence-corrected chi connectivity index (χ0v) is 15.8. The number of methoxy groups -OCH3 is 2. The lowest BCUT2D eigenvalue weighted by Gasteiger charge is -2.08. The number of aliphatic imine (C=N–C) groups is 1. The van der Waals surface area contributed by atoms with Gasteiger partial charge in [-0.25, -0.2) is 4.99 Å². The average Bonchev–Trinajstić information content (AvgIpc) is 2.53. The van der Waals surface area contributed by atoms with Crippen molar-refractivity contribution in [3.63, 3.8) is 0 Å². The van der Waals surface area contributed by atoms with Gasteiger partial charge in [-0.1, -0.05) is 18.2 Å². The van der Waals surface area contributed by atoms with Crippen LogP contribution in [0.4, 0.5) is 5.69 Å². The number of nitrogens with two attached hydrogens (primary N) is 1. The quantitative estimate of drug-likeness (QED) is 0.435. The van der Waals surface area contributed by atoms with Crippen molar-refractivity contribution in [3.05, 3.63) is 53.6 Å². The second-order valence-electron chi connectivity index (χ2n) is 4.86. The lowest BCUT2D eigenvalue weighted by molar-refractivity contribution is 0.411. The fourth-order valence-electron chi connectivity index (χ4n) is 2.10. The van der Waals surface area contributed by atoms with Gasteiger partial charge in [0.05, 0.1) is 20.8 Å². The molecule has 0 aliphatic heterocycles. The molecule has 0 aromatic heterocycles. The van der Waals surface area contributed by atoms with Gasteiger partial charge in [0.1, 0.15) is 11.5 Å². The highest BCUT2D eigenvalue weighted by molar-refractivity contribution is 14.0. The third-order valence-corrected chi connectivity index (χ3v) is 3.23. The summed E-state index contributed by atoms with van der Waals surface area (Å²) in [7, 11) is 3.29. The van der Waals surface area contributed by atoms with Crippen LogP contribution >= 0.6 is 24.0 Å². The van der Waals surface area contributed by atoms with E-state index in [0.717, 1.165) is 28.3 Å². The number of nitrogens with one attached hydrogen (secondary N) is 1. The first kappa shape index (κ1) is 19.1. The molecule has 0 heterocycles. The summed E-state index contributed by atoms with van der Waals surface area (Å²) in [5.41, 5.74) is 8.91. The van der Waals surface area contributed by atoms with Gasteiger partial charge >= 0.3 is 0 Å². The molecule has 2 aromatic rings. The lowest BCUT2D eigenvalue weighted by atomic mass is 10.1. The number of halogens is 1. The van der Waals surface area contributed by atoms with Gasteiger partial charge < -0.3 is 20.5 Å². The molecule has 0 amide bonds. The Morgan fingerprint density at radius 3 is 2.57 bits per heavy atom. The number of hydrogen-bond acceptors (Lipinski definition) is 3. The van der Waals surface area contributed by atoms with Crippen LogP contribution < -0.4 is 20.5 Å². The smallest absolute Gasteiger partial charge is 0.193 e. The molecule has 0 aliphatic carbocycles. The van der Waals surface area contributed by atoms with Crippen molar-refractivity contribution in [3.8, 4) is 11.5 Å². The summed E-state index contributed by atoms with van der Waals surface area (Å²) >= 11 is 0. The number of guanidine groups is 1. The van der Waals surface area contributed by atoms with Crippen LogP contribution in [0, 0.1) is 6.92 Å². The van der Waals surface area contributed by atoms with Gasteiger partial charge in [-0.3, -0.25) is 0 Å². The van der Waals surface area contributed by atoms with Crippen LogP contribution in [0.1, 0.15) is 11.1 Å². The predicted octanol–water partition coefficient (Wildman–Crippen LogP) is 3.56. The van der Waals surface area contributed by atoms with Gasteiger partial charge in [-0.05, 0) is 36.2 Å². The first-order chi connectivity index (χ1) is 10.6. The number of ether oxygens (including phenoxy) is 2. The topological polar surface area (TPSA) is 68.9 Å². The Morgan fingerprint density at radius 2 is 1.91 bits per heavy atom. The third-order valence-electron chi connectivity index (χ3n) is 3.23. The van der Waals surface area contributed by atoms with E-state index in [1.807, 2.05) is 49.4 Å². The van der Waals surface area contributed by atoms with E-state index in [9.17, 15) is 0 Å². The molecule has 0 atom stereocenters. The normalized spacial score (nSPS) is 10.7. The monoisotopic (exact) mass is 427 g/mol. The van der Waals surface area contributed by atoms with Gasteiger partial charge in [0.15, 0.2) is 5.96 Å². The molecule has 3 N–H and O–H groups in total. The Kier molecular flexibility index (Phi) is 7.67. The van der Waals surface area contributed by atoms with Crippen molar-refractivity contribution in [2.75, 3.05) is 19.5 Å². The largest absolute Gasteiger partial charge is 0.497 e. The summed E-state index contributed by atoms with van der Waals surface area (Å²) in [5, 5.41) is 3.05. The van der Waals surface area contributed by atoms with Crippen molar-refractivity contribution in [1.82, 2.24) is 0 Å². The molecular weight excluding hydrogens is 405 g/mol. The van der Waals surface area contributed by atoms with Crippen LogP contribution in [0.25, 0.3) is 0 Å². The van der Waals surface area contributed by atoms with Crippen molar-refractivity contribution < 1.29 is 9.47 Å². The Hall–Kier alpha value is -1.96. The second-order valence-corrected chi connectivity index (χ2v) is 4.86. The number of benzene rings is 2. The number of rotatable bonds is 5. The molecule has 0 spiro atoms. The van der Waals surface area contributed by atoms with Gasteiger partial charge in [0.25, 0.3) is 0 Å². The van der Waals surface area contributed by atoms with Crippen LogP contribution in [-0.2, 0) is 6.54 Å². The van der Waals surface area contributed by atoms with E-state index in [2.05, 4.69) is 10.3 Å². The van der Waals surface area contributed by atoms with Crippen molar-refractivity contribution >= 4 is 35.6 Å². The lowest BCUT2D eigenvalue weighted by Crippen LogP contribution is -2.22. The standard InChI is InChI=1S/C17H21N3O2.HI/c1-12-9-13(7-8-16(12)22-3)11-19-17(18)20-14-5-4-6-15(10-14)21-2;/h4-10H,11H2,1-3H3,(H3,18,19,20);1H. The molecule has 0 saturated heterocycles. The van der Waals surface area contributed by atoms with Crippen LogP contribution in [0.3, 0.4) is 0 Å². The minimum Gasteiger partial charge on any atom is -0.497 e. The maximum atomic E-state index is 5.91. The molecule has 0 aliphatic rings. The van der Waals surface area contributed by atoms with Gasteiger partial charge in [-0.2, -0.15) is 0 Å². The minimum absolute atomic E-state index is 0. The Bertz CT molecular complexity index is 675. The molecule has 0 radical (unpaired) electrons. The SMILES string of the molecule is COc1cccc(NC(N)=NCc2ccc(OC)c(C)c2)c1.I. The van der Waals surface area contributed by atoms with Gasteiger partial charge in [0.2, 0.25) is 0 Å². The van der Waals surface area contributed by atoms with E-state index < -0.39 is 0 Å². The summed E-state index contributed by atoms with van der Waals surface area (Å²) in [6, 6.07) is 13.5. The highest BCUT2D eigenvalue weighted by Crippen LogP contribution is 2.19. The Morgan fingerprint density at radius 1 is 1.13 bits per heavy atom. The first-order valence-corrected chi connectivity index (χ1v) is 6.97. The fraction of sp³-hybridized carbons (Fsp3) is 0.235. The Balaban J connectivity index is 0.00000264. The predicted molar refractivity (Wildman–Crippen MR) is 105 cm³/mol. The number of hydrogen-bond donors (Lipinski definition) is 2. The van der Waals surface area contributed by atoms with E-state index in [-0.39, 0.29) is 24.0 Å². The van der Waals surface area contributed by atoms with E-state index in [4.69, 9.17) is 15.2 Å². The molecule has 0 saturated carbocycles. The molecular formula is C17H22IN3O2. The fourth-order valence-corrected chi connectivity index (χ4v) is 2.10. The highest BCUT2D eigenvalue weighted by atomic mass is 127. The van der Waals surface area contributed by atoms with Gasteiger partial charge in [-0.15, -0.1) is 24.0 Å². The molecule has 5 nitrogen and oxygen atoms in total. The Labute approximate surface area is 153 Å². The molecule has 0 unspecified atom stereocenters. The highest BCUT2D eigenvalue weighted by Gasteiger charge is 2.01. The van der Waals surface area contributed by atoms with Crippen molar-refractivity contribution in [2.45, 2.75) is 13.5 Å². The summed E-state index contributed by atoms with van der Waals surface area (Å²) in [4.78, 5) is 4.34. The van der Waals surface area contributed by atoms with E-state index in [1.54, 1.807) is 14.2 Å². The molecule has 6 heteroatoms. The van der Waals surface area contributed by atoms with Crippen molar-refractivity contribution in [1.29, 1.82) is 0 Å². The summed E-state index contributed by atoms with van der Waals surface area (Å²) in [6.07, 6.45) is 0. The first-order valence-electron chi connectivity index (χ1n) is 6.97. The third kappa shape index (κ3) is 5.63. The zero-order valence-electron chi connectivity index (χ0n) is 13.5. The van der Waals surface area contributed by atoms with E-state index in [1.165, 1.54) is 0 Å². The number of nitrogens with zero attached hydrogens (tertiary/aromatic N) is 1. The molecule has 124 valence electrons. The molecule has 23 heavy (non-hydrogen) atoms. The van der Waals surface area contributed by atoms with Crippen LogP contribution in [0.15, 0.2) is 47.5 Å². The van der Waals surface area contributed by atoms with Crippen LogP contribution in [0.2, 0.25) is 0 Å². The minimum atomic E-state index is 0. The van der Waals surface area contributed by atoms with Crippen LogP contribution in [0.5, 0.6) is 11.5 Å².